The fraction of sp³-hybridized carbons (Fsp3) is 0. The van der Waals surface area contributed by atoms with E-state index in [1.165, 1.54) is 11.3 Å². The van der Waals surface area contributed by atoms with Gasteiger partial charge in [0, 0.05) is 32.3 Å². The summed E-state index contributed by atoms with van der Waals surface area (Å²) >= 11 is 10.8. The quantitative estimate of drug-likeness (QED) is 0.515. The van der Waals surface area contributed by atoms with Gasteiger partial charge in [0.15, 0.2) is 0 Å². The van der Waals surface area contributed by atoms with Crippen molar-refractivity contribution in [3.63, 3.8) is 0 Å². The molecule has 24 heavy (non-hydrogen) atoms. The lowest BCUT2D eigenvalue weighted by molar-refractivity contribution is 1.36. The summed E-state index contributed by atoms with van der Waals surface area (Å²) in [7, 11) is 0. The standard InChI is InChI=1S/C18H11BrClN3S/c19-14-3-1-2-12(8-14)17-11-24-18(23-17)13(9-21)10-22-16-6-4-15(20)5-7-16/h1-8,10-11,22H. The Labute approximate surface area is 157 Å². The monoisotopic (exact) mass is 415 g/mol. The summed E-state index contributed by atoms with van der Waals surface area (Å²) in [5.74, 6) is 0. The summed E-state index contributed by atoms with van der Waals surface area (Å²) in [5, 5.41) is 15.8. The Kier molecular flexibility index (Phi) is 5.31. The van der Waals surface area contributed by atoms with E-state index >= 15 is 0 Å². The van der Waals surface area contributed by atoms with Crippen LogP contribution in [0, 0.1) is 11.3 Å². The fourth-order valence-corrected chi connectivity index (χ4v) is 3.34. The Balaban J connectivity index is 1.83. The smallest absolute Gasteiger partial charge is 0.136 e. The van der Waals surface area contributed by atoms with E-state index in [1.54, 1.807) is 18.3 Å². The number of nitrogens with zero attached hydrogens (tertiary/aromatic N) is 2. The van der Waals surface area contributed by atoms with Crippen molar-refractivity contribution >= 4 is 50.1 Å². The summed E-state index contributed by atoms with van der Waals surface area (Å²) in [5.41, 5.74) is 3.20. The van der Waals surface area contributed by atoms with Gasteiger partial charge in [-0.15, -0.1) is 11.3 Å². The topological polar surface area (TPSA) is 48.7 Å². The molecule has 0 aliphatic heterocycles. The van der Waals surface area contributed by atoms with Crippen molar-refractivity contribution in [1.82, 2.24) is 4.98 Å². The first-order chi connectivity index (χ1) is 11.7. The number of benzene rings is 2. The summed E-state index contributed by atoms with van der Waals surface area (Å²) in [6, 6.07) is 17.4. The molecule has 118 valence electrons. The normalized spacial score (nSPS) is 11.1. The van der Waals surface area contributed by atoms with Crippen LogP contribution in [0.4, 0.5) is 5.69 Å². The molecule has 0 bridgehead atoms. The van der Waals surface area contributed by atoms with Gasteiger partial charge in [-0.1, -0.05) is 39.7 Å². The van der Waals surface area contributed by atoms with E-state index in [0.29, 0.717) is 15.6 Å². The molecular formula is C18H11BrClN3S. The summed E-state index contributed by atoms with van der Waals surface area (Å²) < 4.78 is 0.995. The molecule has 1 heterocycles. The van der Waals surface area contributed by atoms with Crippen LogP contribution in [0.25, 0.3) is 16.8 Å². The van der Waals surface area contributed by atoms with Crippen molar-refractivity contribution < 1.29 is 0 Å². The highest BCUT2D eigenvalue weighted by Crippen LogP contribution is 2.27. The van der Waals surface area contributed by atoms with Crippen LogP contribution in [0.5, 0.6) is 0 Å². The molecule has 3 nitrogen and oxygen atoms in total. The molecular weight excluding hydrogens is 406 g/mol. The lowest BCUT2D eigenvalue weighted by Crippen LogP contribution is -1.90. The molecule has 0 spiro atoms. The Morgan fingerprint density at radius 2 is 2.04 bits per heavy atom. The van der Waals surface area contributed by atoms with E-state index in [1.807, 2.05) is 41.8 Å². The second-order valence-electron chi connectivity index (χ2n) is 4.87. The van der Waals surface area contributed by atoms with E-state index < -0.39 is 0 Å². The Hall–Kier alpha value is -2.13. The molecule has 0 aliphatic rings. The van der Waals surface area contributed by atoms with Crippen LogP contribution >= 0.6 is 38.9 Å². The first-order valence-corrected chi connectivity index (χ1v) is 9.05. The predicted octanol–water partition coefficient (Wildman–Crippen LogP) is 6.20. The van der Waals surface area contributed by atoms with E-state index in [4.69, 9.17) is 11.6 Å². The molecule has 0 unspecified atom stereocenters. The first kappa shape index (κ1) is 16.7. The second-order valence-corrected chi connectivity index (χ2v) is 7.08. The van der Waals surface area contributed by atoms with Gasteiger partial charge in [0.25, 0.3) is 0 Å². The lowest BCUT2D eigenvalue weighted by atomic mass is 10.2. The highest BCUT2D eigenvalue weighted by Gasteiger charge is 2.09. The van der Waals surface area contributed by atoms with Crippen molar-refractivity contribution in [2.24, 2.45) is 0 Å². The maximum atomic E-state index is 9.41. The molecule has 2 aromatic carbocycles. The van der Waals surface area contributed by atoms with E-state index in [-0.39, 0.29) is 0 Å². The minimum absolute atomic E-state index is 0.483. The summed E-state index contributed by atoms with van der Waals surface area (Å²) in [6.45, 7) is 0. The van der Waals surface area contributed by atoms with E-state index in [9.17, 15) is 5.26 Å². The third-order valence-corrected chi connectivity index (χ3v) is 4.82. The van der Waals surface area contributed by atoms with Crippen LogP contribution in [0.3, 0.4) is 0 Å². The number of hydrogen-bond donors (Lipinski definition) is 1. The van der Waals surface area contributed by atoms with Gasteiger partial charge in [0.1, 0.15) is 16.6 Å². The van der Waals surface area contributed by atoms with Crippen molar-refractivity contribution in [2.75, 3.05) is 5.32 Å². The van der Waals surface area contributed by atoms with Gasteiger partial charge in [0.2, 0.25) is 0 Å². The van der Waals surface area contributed by atoms with Gasteiger partial charge in [-0.25, -0.2) is 4.98 Å². The van der Waals surface area contributed by atoms with Gasteiger partial charge >= 0.3 is 0 Å². The number of thiazole rings is 1. The van der Waals surface area contributed by atoms with Crippen molar-refractivity contribution in [3.8, 4) is 17.3 Å². The number of nitrogens with one attached hydrogen (secondary N) is 1. The third kappa shape index (κ3) is 4.04. The molecule has 0 fully saturated rings. The molecule has 0 saturated carbocycles. The van der Waals surface area contributed by atoms with E-state index in [0.717, 1.165) is 21.4 Å². The molecule has 6 heteroatoms. The van der Waals surface area contributed by atoms with Crippen LogP contribution in [-0.2, 0) is 0 Å². The molecule has 3 rings (SSSR count). The zero-order chi connectivity index (χ0) is 16.9. The largest absolute Gasteiger partial charge is 0.360 e. The molecule has 1 N–H and O–H groups in total. The number of allylic oxidation sites excluding steroid dienone is 1. The van der Waals surface area contributed by atoms with Gasteiger partial charge in [0.05, 0.1) is 5.69 Å². The predicted molar refractivity (Wildman–Crippen MR) is 104 cm³/mol. The maximum absolute atomic E-state index is 9.41. The maximum Gasteiger partial charge on any atom is 0.136 e. The summed E-state index contributed by atoms with van der Waals surface area (Å²) in [4.78, 5) is 4.56. The number of aromatic nitrogens is 1. The summed E-state index contributed by atoms with van der Waals surface area (Å²) in [6.07, 6.45) is 1.66. The van der Waals surface area contributed by atoms with Gasteiger partial charge < -0.3 is 5.32 Å². The van der Waals surface area contributed by atoms with E-state index in [2.05, 4.69) is 32.3 Å². The minimum atomic E-state index is 0.483. The molecule has 0 saturated heterocycles. The van der Waals surface area contributed by atoms with Crippen molar-refractivity contribution in [3.05, 3.63) is 74.6 Å². The highest BCUT2D eigenvalue weighted by atomic mass is 79.9. The van der Waals surface area contributed by atoms with Crippen LogP contribution in [0.15, 0.2) is 64.6 Å². The first-order valence-electron chi connectivity index (χ1n) is 7.00. The molecule has 0 radical (unpaired) electrons. The minimum Gasteiger partial charge on any atom is -0.360 e. The molecule has 0 aliphatic carbocycles. The lowest BCUT2D eigenvalue weighted by Gasteiger charge is -2.01. The number of anilines is 1. The van der Waals surface area contributed by atoms with Gasteiger partial charge in [-0.3, -0.25) is 0 Å². The van der Waals surface area contributed by atoms with Gasteiger partial charge in [-0.2, -0.15) is 5.26 Å². The Morgan fingerprint density at radius 3 is 2.75 bits per heavy atom. The van der Waals surface area contributed by atoms with Crippen LogP contribution in [0.1, 0.15) is 5.01 Å². The Bertz CT molecular complexity index is 926. The number of rotatable bonds is 4. The highest BCUT2D eigenvalue weighted by molar-refractivity contribution is 9.10. The van der Waals surface area contributed by atoms with Crippen LogP contribution in [0.2, 0.25) is 5.02 Å². The average Bonchev–Trinajstić information content (AvgIpc) is 3.07. The molecule has 0 amide bonds. The van der Waals surface area contributed by atoms with Gasteiger partial charge in [-0.05, 0) is 36.4 Å². The fourth-order valence-electron chi connectivity index (χ4n) is 2.02. The number of hydrogen-bond acceptors (Lipinski definition) is 4. The zero-order valence-electron chi connectivity index (χ0n) is 12.3. The molecule has 0 atom stereocenters. The molecule has 1 aromatic heterocycles. The van der Waals surface area contributed by atoms with Crippen LogP contribution < -0.4 is 5.32 Å². The van der Waals surface area contributed by atoms with Crippen molar-refractivity contribution in [1.29, 1.82) is 5.26 Å². The molecule has 3 aromatic rings. The SMILES string of the molecule is N#CC(=CNc1ccc(Cl)cc1)c1nc(-c2cccc(Br)c2)cs1. The van der Waals surface area contributed by atoms with Crippen LogP contribution in [-0.4, -0.2) is 4.98 Å². The Morgan fingerprint density at radius 1 is 1.25 bits per heavy atom. The average molecular weight is 417 g/mol. The third-order valence-electron chi connectivity index (χ3n) is 3.20. The second kappa shape index (κ2) is 7.63. The zero-order valence-corrected chi connectivity index (χ0v) is 15.5. The number of nitriles is 1. The number of halogens is 2. The van der Waals surface area contributed by atoms with Crippen molar-refractivity contribution in [2.45, 2.75) is 0 Å².